The lowest BCUT2D eigenvalue weighted by molar-refractivity contribution is -0.393. The highest BCUT2D eigenvalue weighted by atomic mass is 32.2. The first-order chi connectivity index (χ1) is 14.6. The van der Waals surface area contributed by atoms with Crippen molar-refractivity contribution in [1.82, 2.24) is 4.31 Å². The molecule has 1 aliphatic rings. The van der Waals surface area contributed by atoms with Gasteiger partial charge >= 0.3 is 15.9 Å². The van der Waals surface area contributed by atoms with Gasteiger partial charge in [-0.05, 0) is 18.2 Å². The molecule has 1 N–H and O–H groups in total. The quantitative estimate of drug-likeness (QED) is 0.490. The topological polar surface area (TPSA) is 166 Å². The van der Waals surface area contributed by atoms with Gasteiger partial charge in [0.1, 0.15) is 17.2 Å². The molecule has 1 heterocycles. The minimum atomic E-state index is -4.50. The Kier molecular flexibility index (Phi) is 5.57. The molecule has 13 nitrogen and oxygen atoms in total. The molecule has 0 saturated carbocycles. The molecule has 0 bridgehead atoms. The monoisotopic (exact) mass is 452 g/mol. The number of nitrogens with zero attached hydrogens (tertiary/aromatic N) is 4. The van der Waals surface area contributed by atoms with Gasteiger partial charge in [0.2, 0.25) is 5.88 Å². The number of non-ortho nitro benzene ring substituents is 1. The van der Waals surface area contributed by atoms with Crippen LogP contribution in [0.15, 0.2) is 48.5 Å². The lowest BCUT2D eigenvalue weighted by Crippen LogP contribution is -2.34. The summed E-state index contributed by atoms with van der Waals surface area (Å²) in [6.45, 7) is -0.352. The largest absolute Gasteiger partial charge is 0.497 e. The molecule has 164 valence electrons. The summed E-state index contributed by atoms with van der Waals surface area (Å²) in [7, 11) is -1.67. The van der Waals surface area contributed by atoms with E-state index in [-0.39, 0.29) is 6.54 Å². The molecule has 31 heavy (non-hydrogen) atoms. The number of methoxy groups -OCH3 is 2. The number of rotatable bonds is 7. The number of hydrogen-bond donors (Lipinski definition) is 1. The van der Waals surface area contributed by atoms with Crippen LogP contribution in [0.4, 0.5) is 17.1 Å². The Morgan fingerprint density at radius 2 is 1.74 bits per heavy atom. The van der Waals surface area contributed by atoms with Crippen molar-refractivity contribution in [2.75, 3.05) is 18.5 Å². The summed E-state index contributed by atoms with van der Waals surface area (Å²) in [6.07, 6.45) is 0.777. The third-order valence-electron chi connectivity index (χ3n) is 4.43. The molecule has 1 aliphatic heterocycles. The first kappa shape index (κ1) is 21.6. The second kappa shape index (κ2) is 7.98. The van der Waals surface area contributed by atoms with Crippen molar-refractivity contribution in [3.05, 3.63) is 74.3 Å². The number of aliphatic hydroxyl groups excluding tert-OH is 1. The predicted molar refractivity (Wildman–Crippen MR) is 107 cm³/mol. The fourth-order valence-electron chi connectivity index (χ4n) is 2.91. The van der Waals surface area contributed by atoms with E-state index in [2.05, 4.69) is 0 Å². The Morgan fingerprint density at radius 3 is 2.32 bits per heavy atom. The molecular formula is C17H16N4O9S. The zero-order chi connectivity index (χ0) is 22.9. The summed E-state index contributed by atoms with van der Waals surface area (Å²) in [5.41, 5.74) is -1.48. The van der Waals surface area contributed by atoms with Gasteiger partial charge < -0.3 is 14.6 Å². The summed E-state index contributed by atoms with van der Waals surface area (Å²) in [6, 6.07) is 7.13. The van der Waals surface area contributed by atoms with E-state index < -0.39 is 43.0 Å². The van der Waals surface area contributed by atoms with Crippen LogP contribution in [0.3, 0.4) is 0 Å². The van der Waals surface area contributed by atoms with E-state index in [0.29, 0.717) is 31.7 Å². The van der Waals surface area contributed by atoms with Gasteiger partial charge in [0.25, 0.3) is 5.69 Å². The van der Waals surface area contributed by atoms with Crippen LogP contribution >= 0.6 is 0 Å². The second-order valence-electron chi connectivity index (χ2n) is 6.16. The Hall–Kier alpha value is -4.07. The fraction of sp³-hybridized carbons (Fsp3) is 0.176. The van der Waals surface area contributed by atoms with Crippen LogP contribution < -0.4 is 13.8 Å². The Morgan fingerprint density at radius 1 is 1.03 bits per heavy atom. The molecule has 3 rings (SSSR count). The maximum absolute atomic E-state index is 13.0. The first-order valence-corrected chi connectivity index (χ1v) is 9.86. The number of aliphatic hydroxyl groups is 1. The van der Waals surface area contributed by atoms with E-state index >= 15 is 0 Å². The van der Waals surface area contributed by atoms with Gasteiger partial charge in [-0.2, -0.15) is 8.42 Å². The number of nitro benzene ring substituents is 2. The molecule has 0 radical (unpaired) electrons. The molecule has 2 aromatic rings. The number of anilines is 1. The molecule has 14 heteroatoms. The molecule has 0 saturated heterocycles. The zero-order valence-corrected chi connectivity index (χ0v) is 17.0. The molecule has 0 aliphatic carbocycles. The molecule has 0 amide bonds. The maximum atomic E-state index is 13.0. The number of hydrogen-bond acceptors (Lipinski definition) is 9. The highest BCUT2D eigenvalue weighted by Gasteiger charge is 2.41. The van der Waals surface area contributed by atoms with E-state index in [1.807, 2.05) is 0 Å². The minimum Gasteiger partial charge on any atom is -0.497 e. The molecule has 0 spiro atoms. The normalized spacial score (nSPS) is 14.8. The van der Waals surface area contributed by atoms with Gasteiger partial charge in [-0.15, -0.1) is 0 Å². The van der Waals surface area contributed by atoms with Crippen LogP contribution in [-0.4, -0.2) is 41.9 Å². The van der Waals surface area contributed by atoms with Crippen molar-refractivity contribution >= 4 is 27.3 Å². The average Bonchev–Trinajstić information content (AvgIpc) is 2.96. The van der Waals surface area contributed by atoms with E-state index in [0.717, 1.165) is 18.3 Å². The SMILES string of the molecule is COc1ccc(CN2C(O)=CN(c3ccc([N+](=O)[O-])cc3[N+](=O)[O-])S2(=O)=O)c(OC)c1. The van der Waals surface area contributed by atoms with Crippen molar-refractivity contribution in [1.29, 1.82) is 0 Å². The third kappa shape index (κ3) is 3.87. The lowest BCUT2D eigenvalue weighted by Gasteiger charge is -2.22. The summed E-state index contributed by atoms with van der Waals surface area (Å²) in [4.78, 5) is 20.5. The first-order valence-electron chi connectivity index (χ1n) is 8.46. The number of benzene rings is 2. The predicted octanol–water partition coefficient (Wildman–Crippen LogP) is 2.44. The van der Waals surface area contributed by atoms with Crippen molar-refractivity contribution in [3.8, 4) is 11.5 Å². The van der Waals surface area contributed by atoms with Crippen LogP contribution in [0.5, 0.6) is 11.5 Å². The smallest absolute Gasteiger partial charge is 0.333 e. The molecule has 0 unspecified atom stereocenters. The van der Waals surface area contributed by atoms with E-state index in [4.69, 9.17) is 9.47 Å². The minimum absolute atomic E-state index is 0.294. The van der Waals surface area contributed by atoms with Crippen molar-refractivity contribution in [2.45, 2.75) is 6.54 Å². The van der Waals surface area contributed by atoms with Gasteiger partial charge in [0, 0.05) is 17.7 Å². The Bertz CT molecular complexity index is 1200. The van der Waals surface area contributed by atoms with Crippen LogP contribution in [0.25, 0.3) is 0 Å². The van der Waals surface area contributed by atoms with E-state index in [9.17, 15) is 33.8 Å². The van der Waals surface area contributed by atoms with E-state index in [1.54, 1.807) is 6.07 Å². The molecule has 0 aromatic heterocycles. The molecular weight excluding hydrogens is 436 g/mol. The number of ether oxygens (including phenoxy) is 2. The fourth-order valence-corrected chi connectivity index (χ4v) is 4.34. The Labute approximate surface area is 175 Å². The summed E-state index contributed by atoms with van der Waals surface area (Å²) in [5.74, 6) is 0.0559. The third-order valence-corrected chi connectivity index (χ3v) is 6.10. The van der Waals surface area contributed by atoms with Crippen LogP contribution in [-0.2, 0) is 16.8 Å². The second-order valence-corrected chi connectivity index (χ2v) is 7.89. The summed E-state index contributed by atoms with van der Waals surface area (Å²) in [5, 5.41) is 32.6. The van der Waals surface area contributed by atoms with E-state index in [1.165, 1.54) is 26.4 Å². The van der Waals surface area contributed by atoms with Crippen LogP contribution in [0.1, 0.15) is 5.56 Å². The highest BCUT2D eigenvalue weighted by Crippen LogP contribution is 2.39. The zero-order valence-electron chi connectivity index (χ0n) is 16.2. The summed E-state index contributed by atoms with van der Waals surface area (Å²) >= 11 is 0. The number of nitro groups is 2. The maximum Gasteiger partial charge on any atom is 0.333 e. The molecule has 2 aromatic carbocycles. The molecule has 0 atom stereocenters. The van der Waals surface area contributed by atoms with Gasteiger partial charge in [-0.3, -0.25) is 20.2 Å². The van der Waals surface area contributed by atoms with Gasteiger partial charge in [-0.1, -0.05) is 0 Å². The van der Waals surface area contributed by atoms with Crippen molar-refractivity contribution in [2.24, 2.45) is 0 Å². The highest BCUT2D eigenvalue weighted by molar-refractivity contribution is 7.91. The Balaban J connectivity index is 2.02. The van der Waals surface area contributed by atoms with Gasteiger partial charge in [0.15, 0.2) is 0 Å². The summed E-state index contributed by atoms with van der Waals surface area (Å²) < 4.78 is 37.5. The van der Waals surface area contributed by atoms with Crippen molar-refractivity contribution in [3.63, 3.8) is 0 Å². The molecule has 0 fully saturated rings. The standard InChI is InChI=1S/C17H16N4O9S/c1-29-13-5-3-11(16(8-13)30-2)9-19-17(22)10-18(31(19,27)28)14-6-4-12(20(23)24)7-15(14)21(25)26/h3-8,10,22H,9H2,1-2H3. The van der Waals surface area contributed by atoms with Crippen LogP contribution in [0, 0.1) is 20.2 Å². The van der Waals surface area contributed by atoms with Crippen LogP contribution in [0.2, 0.25) is 0 Å². The lowest BCUT2D eigenvalue weighted by atomic mass is 10.2. The average molecular weight is 452 g/mol. The van der Waals surface area contributed by atoms with Crippen molar-refractivity contribution < 1.29 is 32.8 Å². The van der Waals surface area contributed by atoms with Gasteiger partial charge in [-0.25, -0.2) is 8.61 Å². The van der Waals surface area contributed by atoms with Gasteiger partial charge in [0.05, 0.1) is 42.9 Å².